The van der Waals surface area contributed by atoms with E-state index >= 15 is 0 Å². The van der Waals surface area contributed by atoms with Crippen LogP contribution >= 0.6 is 0 Å². The molecular weight excluding hydrogens is 344 g/mol. The highest BCUT2D eigenvalue weighted by molar-refractivity contribution is 5.73. The first-order valence-electron chi connectivity index (χ1n) is 11.0. The lowest BCUT2D eigenvalue weighted by atomic mass is 10.1. The highest BCUT2D eigenvalue weighted by Crippen LogP contribution is 2.09. The third-order valence-corrected chi connectivity index (χ3v) is 4.50. The minimum absolute atomic E-state index is 0.105. The molecule has 0 aromatic rings. The van der Waals surface area contributed by atoms with E-state index in [1.54, 1.807) is 0 Å². The minimum Gasteiger partial charge on any atom is -0.464 e. The molecule has 0 rings (SSSR count). The fourth-order valence-corrected chi connectivity index (χ4v) is 2.86. The molecule has 1 atom stereocenters. The summed E-state index contributed by atoms with van der Waals surface area (Å²) in [5, 5.41) is 0. The molecule has 0 aliphatic carbocycles. The Bertz CT molecular complexity index is 357. The molecular formula is C22H42O5. The molecule has 5 nitrogen and oxygen atoms in total. The van der Waals surface area contributed by atoms with Gasteiger partial charge in [0.15, 0.2) is 0 Å². The van der Waals surface area contributed by atoms with Gasteiger partial charge in [0.25, 0.3) is 0 Å². The minimum atomic E-state index is -0.422. The normalized spacial score (nSPS) is 12.0. The first-order valence-corrected chi connectivity index (χ1v) is 11.0. The third kappa shape index (κ3) is 19.5. The first kappa shape index (κ1) is 25.9. The lowest BCUT2D eigenvalue weighted by molar-refractivity contribution is -0.158. The summed E-state index contributed by atoms with van der Waals surface area (Å²) in [6.45, 7) is 6.31. The number of esters is 2. The van der Waals surface area contributed by atoms with Gasteiger partial charge in [0.05, 0.1) is 12.7 Å². The molecule has 0 amide bonds. The van der Waals surface area contributed by atoms with Crippen molar-refractivity contribution in [2.24, 2.45) is 0 Å². The molecule has 0 radical (unpaired) electrons. The van der Waals surface area contributed by atoms with Crippen LogP contribution < -0.4 is 0 Å². The highest BCUT2D eigenvalue weighted by Gasteiger charge is 2.11. The van der Waals surface area contributed by atoms with E-state index in [1.165, 1.54) is 57.8 Å². The van der Waals surface area contributed by atoms with E-state index in [0.717, 1.165) is 25.7 Å². The molecule has 160 valence electrons. The molecule has 1 unspecified atom stereocenters. The second-order valence-electron chi connectivity index (χ2n) is 7.34. The summed E-state index contributed by atoms with van der Waals surface area (Å²) in [7, 11) is 0. The molecule has 0 saturated heterocycles. The highest BCUT2D eigenvalue weighted by atomic mass is 16.6. The van der Waals surface area contributed by atoms with Gasteiger partial charge in [-0.05, 0) is 26.2 Å². The fourth-order valence-electron chi connectivity index (χ4n) is 2.86. The summed E-state index contributed by atoms with van der Waals surface area (Å²) in [5.41, 5.74) is 0. The van der Waals surface area contributed by atoms with Crippen LogP contribution in [0.2, 0.25) is 0 Å². The second kappa shape index (κ2) is 19.7. The summed E-state index contributed by atoms with van der Waals surface area (Å²) in [4.78, 5) is 23.2. The van der Waals surface area contributed by atoms with E-state index in [2.05, 4.69) is 13.8 Å². The van der Waals surface area contributed by atoms with Crippen LogP contribution in [0.4, 0.5) is 0 Å². The third-order valence-electron chi connectivity index (χ3n) is 4.50. The Balaban J connectivity index is 3.45. The molecule has 0 spiro atoms. The van der Waals surface area contributed by atoms with E-state index in [9.17, 15) is 9.59 Å². The number of hydrogen-bond acceptors (Lipinski definition) is 5. The summed E-state index contributed by atoms with van der Waals surface area (Å²) < 4.78 is 15.5. The number of unbranched alkanes of at least 4 members (excludes halogenated alkanes) is 10. The van der Waals surface area contributed by atoms with Crippen LogP contribution in [0, 0.1) is 0 Å². The average Bonchev–Trinajstić information content (AvgIpc) is 2.64. The molecule has 0 heterocycles. The largest absolute Gasteiger partial charge is 0.464 e. The van der Waals surface area contributed by atoms with Crippen molar-refractivity contribution in [1.29, 1.82) is 0 Å². The van der Waals surface area contributed by atoms with Gasteiger partial charge in [-0.15, -0.1) is 0 Å². The zero-order chi connectivity index (χ0) is 20.2. The van der Waals surface area contributed by atoms with Crippen molar-refractivity contribution in [1.82, 2.24) is 0 Å². The maximum Gasteiger partial charge on any atom is 0.332 e. The van der Waals surface area contributed by atoms with Gasteiger partial charge in [-0.3, -0.25) is 0 Å². The standard InChI is InChI=1S/C22H42O5/c1-4-6-8-10-11-12-13-15-17-26-21(23)18-25-19-22(24)27-20(3)16-14-9-7-5-2/h20H,4-19H2,1-3H3. The van der Waals surface area contributed by atoms with Crippen molar-refractivity contribution >= 4 is 11.9 Å². The summed E-state index contributed by atoms with van der Waals surface area (Å²) >= 11 is 0. The Morgan fingerprint density at radius 1 is 0.704 bits per heavy atom. The summed E-state index contributed by atoms with van der Waals surface area (Å²) in [6, 6.07) is 0. The number of ether oxygens (including phenoxy) is 3. The van der Waals surface area contributed by atoms with Crippen LogP contribution in [0.1, 0.15) is 104 Å². The summed E-state index contributed by atoms with van der Waals surface area (Å²) in [6.07, 6.45) is 15.0. The Morgan fingerprint density at radius 2 is 1.22 bits per heavy atom. The van der Waals surface area contributed by atoms with Crippen LogP contribution in [0.25, 0.3) is 0 Å². The quantitative estimate of drug-likeness (QED) is 0.214. The molecule has 0 aromatic heterocycles. The predicted octanol–water partition coefficient (Wildman–Crippen LogP) is 5.59. The van der Waals surface area contributed by atoms with E-state index in [1.807, 2.05) is 6.92 Å². The number of carbonyl (C=O) groups excluding carboxylic acids is 2. The van der Waals surface area contributed by atoms with Gasteiger partial charge in [0.2, 0.25) is 0 Å². The van der Waals surface area contributed by atoms with Gasteiger partial charge in [0.1, 0.15) is 13.2 Å². The molecule has 0 aliphatic heterocycles. The van der Waals surface area contributed by atoms with Crippen LogP contribution in [-0.2, 0) is 23.8 Å². The molecule has 0 aliphatic rings. The average molecular weight is 387 g/mol. The maximum absolute atomic E-state index is 11.7. The SMILES string of the molecule is CCCCCCCCCCOC(=O)COCC(=O)OC(C)CCCCCC. The van der Waals surface area contributed by atoms with E-state index < -0.39 is 11.9 Å². The van der Waals surface area contributed by atoms with Gasteiger partial charge in [-0.1, -0.05) is 78.1 Å². The zero-order valence-electron chi connectivity index (χ0n) is 17.9. The smallest absolute Gasteiger partial charge is 0.332 e. The van der Waals surface area contributed by atoms with E-state index in [0.29, 0.717) is 6.61 Å². The molecule has 5 heteroatoms. The molecule has 0 saturated carbocycles. The number of hydrogen-bond donors (Lipinski definition) is 0. The van der Waals surface area contributed by atoms with Gasteiger partial charge < -0.3 is 14.2 Å². The molecule has 27 heavy (non-hydrogen) atoms. The molecule has 0 N–H and O–H groups in total. The van der Waals surface area contributed by atoms with E-state index in [4.69, 9.17) is 14.2 Å². The van der Waals surface area contributed by atoms with Gasteiger partial charge in [-0.2, -0.15) is 0 Å². The van der Waals surface area contributed by atoms with Gasteiger partial charge >= 0.3 is 11.9 Å². The van der Waals surface area contributed by atoms with Crippen LogP contribution in [-0.4, -0.2) is 37.9 Å². The zero-order valence-corrected chi connectivity index (χ0v) is 17.9. The van der Waals surface area contributed by atoms with Crippen molar-refractivity contribution in [3.05, 3.63) is 0 Å². The topological polar surface area (TPSA) is 61.8 Å². The molecule has 0 bridgehead atoms. The van der Waals surface area contributed by atoms with Crippen molar-refractivity contribution in [3.63, 3.8) is 0 Å². The Labute approximate surface area is 166 Å². The monoisotopic (exact) mass is 386 g/mol. The van der Waals surface area contributed by atoms with Crippen molar-refractivity contribution in [2.45, 2.75) is 110 Å². The van der Waals surface area contributed by atoms with Crippen molar-refractivity contribution in [2.75, 3.05) is 19.8 Å². The van der Waals surface area contributed by atoms with Gasteiger partial charge in [-0.25, -0.2) is 9.59 Å². The number of rotatable bonds is 19. The lowest BCUT2D eigenvalue weighted by Crippen LogP contribution is -2.22. The van der Waals surface area contributed by atoms with Crippen LogP contribution in [0.5, 0.6) is 0 Å². The van der Waals surface area contributed by atoms with Crippen molar-refractivity contribution in [3.8, 4) is 0 Å². The predicted molar refractivity (Wildman–Crippen MR) is 109 cm³/mol. The maximum atomic E-state index is 11.7. The van der Waals surface area contributed by atoms with Gasteiger partial charge in [0, 0.05) is 0 Å². The fraction of sp³-hybridized carbons (Fsp3) is 0.909. The Kier molecular flexibility index (Phi) is 18.9. The second-order valence-corrected chi connectivity index (χ2v) is 7.34. The van der Waals surface area contributed by atoms with Crippen LogP contribution in [0.15, 0.2) is 0 Å². The molecule has 0 fully saturated rings. The number of carbonyl (C=O) groups is 2. The molecule has 0 aromatic carbocycles. The Morgan fingerprint density at radius 3 is 1.85 bits per heavy atom. The van der Waals surface area contributed by atoms with Crippen LogP contribution in [0.3, 0.4) is 0 Å². The summed E-state index contributed by atoms with van der Waals surface area (Å²) in [5.74, 6) is -0.841. The lowest BCUT2D eigenvalue weighted by Gasteiger charge is -2.13. The Hall–Kier alpha value is -1.10. The van der Waals surface area contributed by atoms with Crippen molar-refractivity contribution < 1.29 is 23.8 Å². The first-order chi connectivity index (χ1) is 13.1. The van der Waals surface area contributed by atoms with E-state index in [-0.39, 0.29) is 19.3 Å².